The molecule has 4 rings (SSSR count). The van der Waals surface area contributed by atoms with Gasteiger partial charge in [0.05, 0.1) is 32.1 Å². The van der Waals surface area contributed by atoms with E-state index in [2.05, 4.69) is 4.98 Å². The molecule has 0 atom stereocenters. The molecule has 0 aliphatic rings. The lowest BCUT2D eigenvalue weighted by Gasteiger charge is -2.22. The van der Waals surface area contributed by atoms with Crippen molar-refractivity contribution in [2.45, 2.75) is 46.1 Å². The van der Waals surface area contributed by atoms with Crippen LogP contribution in [0.2, 0.25) is 0 Å². The highest BCUT2D eigenvalue weighted by Gasteiger charge is 2.38. The van der Waals surface area contributed by atoms with Crippen molar-refractivity contribution in [3.63, 3.8) is 0 Å². The molecule has 7 heteroatoms. The van der Waals surface area contributed by atoms with Crippen LogP contribution in [0.1, 0.15) is 39.2 Å². The minimum atomic E-state index is -4.66. The van der Waals surface area contributed by atoms with Gasteiger partial charge in [-0.05, 0) is 23.6 Å². The van der Waals surface area contributed by atoms with Crippen molar-refractivity contribution in [1.29, 1.82) is 0 Å². The first-order chi connectivity index (χ1) is 17.9. The van der Waals surface area contributed by atoms with Gasteiger partial charge in [0.15, 0.2) is 5.69 Å². The van der Waals surface area contributed by atoms with Gasteiger partial charge in [0, 0.05) is 11.1 Å². The number of rotatable bonds is 11. The number of halogens is 3. The number of hydrogen-bond donors (Lipinski definition) is 0. The van der Waals surface area contributed by atoms with Crippen LogP contribution in [0.4, 0.5) is 13.2 Å². The van der Waals surface area contributed by atoms with Gasteiger partial charge in [-0.2, -0.15) is 13.2 Å². The first kappa shape index (κ1) is 26.4. The van der Waals surface area contributed by atoms with Crippen LogP contribution in [0.25, 0.3) is 0 Å². The molecule has 0 N–H and O–H groups in total. The Morgan fingerprint density at radius 1 is 0.595 bits per heavy atom. The normalized spacial score (nSPS) is 11.5. The van der Waals surface area contributed by atoms with Gasteiger partial charge in [0.2, 0.25) is 0 Å². The summed E-state index contributed by atoms with van der Waals surface area (Å²) in [7, 11) is 0. The van der Waals surface area contributed by atoms with Gasteiger partial charge in [-0.25, -0.2) is 4.98 Å². The van der Waals surface area contributed by atoms with E-state index in [1.807, 2.05) is 91.0 Å². The predicted octanol–water partition coefficient (Wildman–Crippen LogP) is 7.42. The Labute approximate surface area is 214 Å². The Morgan fingerprint density at radius 2 is 1.03 bits per heavy atom. The zero-order chi connectivity index (χ0) is 26.1. The van der Waals surface area contributed by atoms with Crippen LogP contribution in [0.5, 0.6) is 5.75 Å². The molecule has 0 aliphatic carbocycles. The first-order valence-corrected chi connectivity index (χ1v) is 11.9. The number of benzene rings is 3. The molecule has 1 aromatic heterocycles. The van der Waals surface area contributed by atoms with Crippen LogP contribution in [0, 0.1) is 6.92 Å². The number of ether oxygens (including phenoxy) is 3. The van der Waals surface area contributed by atoms with Crippen LogP contribution < -0.4 is 4.74 Å². The lowest BCUT2D eigenvalue weighted by atomic mass is 10.0. The van der Waals surface area contributed by atoms with E-state index in [9.17, 15) is 13.2 Å². The van der Waals surface area contributed by atoms with Gasteiger partial charge >= 0.3 is 6.18 Å². The fourth-order valence-electron chi connectivity index (χ4n) is 3.94. The predicted molar refractivity (Wildman–Crippen MR) is 135 cm³/mol. The van der Waals surface area contributed by atoms with E-state index in [1.54, 1.807) is 0 Å². The second kappa shape index (κ2) is 12.5. The van der Waals surface area contributed by atoms with E-state index in [0.717, 1.165) is 16.7 Å². The third kappa shape index (κ3) is 7.41. The monoisotopic (exact) mass is 507 g/mol. The zero-order valence-electron chi connectivity index (χ0n) is 20.5. The summed E-state index contributed by atoms with van der Waals surface area (Å²) in [6, 6.07) is 28.2. The Kier molecular flexibility index (Phi) is 8.93. The third-order valence-electron chi connectivity index (χ3n) is 5.74. The summed E-state index contributed by atoms with van der Waals surface area (Å²) in [6.07, 6.45) is -4.66. The Morgan fingerprint density at radius 3 is 1.49 bits per heavy atom. The van der Waals surface area contributed by atoms with E-state index < -0.39 is 11.9 Å². The second-order valence-corrected chi connectivity index (χ2v) is 8.56. The van der Waals surface area contributed by atoms with Crippen LogP contribution in [0.15, 0.2) is 91.0 Å². The third-order valence-corrected chi connectivity index (χ3v) is 5.74. The van der Waals surface area contributed by atoms with Gasteiger partial charge in [-0.15, -0.1) is 0 Å². The number of aromatic nitrogens is 1. The SMILES string of the molecule is Cc1nc(C(F)(F)F)c(COCc2ccccc2)c(COCc2ccccc2)c1OCc1ccccc1. The minimum Gasteiger partial charge on any atom is -0.487 e. The first-order valence-electron chi connectivity index (χ1n) is 11.9. The Hall–Kier alpha value is -3.68. The fourth-order valence-corrected chi connectivity index (χ4v) is 3.94. The maximum Gasteiger partial charge on any atom is 0.433 e. The molecule has 0 radical (unpaired) electrons. The van der Waals surface area contributed by atoms with Crippen molar-refractivity contribution < 1.29 is 27.4 Å². The van der Waals surface area contributed by atoms with Crippen LogP contribution in [-0.2, 0) is 48.7 Å². The highest BCUT2D eigenvalue weighted by atomic mass is 19.4. The summed E-state index contributed by atoms with van der Waals surface area (Å²) in [5, 5.41) is 0. The standard InChI is InChI=1S/C30H28F3NO3/c1-22-28(37-19-25-15-9-4-10-16-25)26(20-35-17-23-11-5-2-6-12-23)27(29(34-22)30(31,32)33)21-36-18-24-13-7-3-8-14-24/h2-16H,17-21H2,1H3. The van der Waals surface area contributed by atoms with Gasteiger partial charge in [-0.3, -0.25) is 0 Å². The van der Waals surface area contributed by atoms with E-state index in [1.165, 1.54) is 6.92 Å². The summed E-state index contributed by atoms with van der Waals surface area (Å²) in [4.78, 5) is 3.92. The van der Waals surface area contributed by atoms with Gasteiger partial charge < -0.3 is 14.2 Å². The van der Waals surface area contributed by atoms with E-state index >= 15 is 0 Å². The number of hydrogen-bond acceptors (Lipinski definition) is 4. The average Bonchev–Trinajstić information content (AvgIpc) is 2.90. The maximum absolute atomic E-state index is 14.1. The highest BCUT2D eigenvalue weighted by molar-refractivity contribution is 5.46. The molecule has 4 aromatic rings. The molecule has 0 bridgehead atoms. The largest absolute Gasteiger partial charge is 0.487 e. The summed E-state index contributed by atoms with van der Waals surface area (Å²) in [5.74, 6) is 0.281. The van der Waals surface area contributed by atoms with Crippen molar-refractivity contribution in [2.75, 3.05) is 0 Å². The molecular formula is C30H28F3NO3. The molecular weight excluding hydrogens is 479 g/mol. The molecule has 0 fully saturated rings. The summed E-state index contributed by atoms with van der Waals surface area (Å²) >= 11 is 0. The van der Waals surface area contributed by atoms with Crippen LogP contribution in [-0.4, -0.2) is 4.98 Å². The van der Waals surface area contributed by atoms with Gasteiger partial charge in [-0.1, -0.05) is 91.0 Å². The zero-order valence-corrected chi connectivity index (χ0v) is 20.5. The summed E-state index contributed by atoms with van der Waals surface area (Å²) in [6.45, 7) is 1.73. The van der Waals surface area contributed by atoms with E-state index in [-0.39, 0.29) is 50.0 Å². The second-order valence-electron chi connectivity index (χ2n) is 8.56. The summed E-state index contributed by atoms with van der Waals surface area (Å²) < 4.78 is 60.1. The van der Waals surface area contributed by atoms with Gasteiger partial charge in [0.1, 0.15) is 12.4 Å². The number of nitrogens with zero attached hydrogens (tertiary/aromatic N) is 1. The Bertz CT molecular complexity index is 1260. The molecule has 192 valence electrons. The van der Waals surface area contributed by atoms with Crippen molar-refractivity contribution >= 4 is 0 Å². The molecule has 0 aliphatic heterocycles. The van der Waals surface area contributed by atoms with Crippen molar-refractivity contribution in [2.24, 2.45) is 0 Å². The smallest absolute Gasteiger partial charge is 0.433 e. The van der Waals surface area contributed by atoms with Crippen molar-refractivity contribution in [1.82, 2.24) is 4.98 Å². The van der Waals surface area contributed by atoms with E-state index in [0.29, 0.717) is 5.56 Å². The highest BCUT2D eigenvalue weighted by Crippen LogP contribution is 2.38. The minimum absolute atomic E-state index is 0.0786. The van der Waals surface area contributed by atoms with Crippen molar-refractivity contribution in [3.8, 4) is 5.75 Å². The molecule has 0 spiro atoms. The number of aryl methyl sites for hydroxylation is 1. The van der Waals surface area contributed by atoms with Crippen LogP contribution in [0.3, 0.4) is 0 Å². The average molecular weight is 508 g/mol. The lowest BCUT2D eigenvalue weighted by Crippen LogP contribution is -2.18. The topological polar surface area (TPSA) is 40.6 Å². The fraction of sp³-hybridized carbons (Fsp3) is 0.233. The van der Waals surface area contributed by atoms with Gasteiger partial charge in [0.25, 0.3) is 0 Å². The van der Waals surface area contributed by atoms with Crippen molar-refractivity contribution in [3.05, 3.63) is 130 Å². The molecule has 3 aromatic carbocycles. The maximum atomic E-state index is 14.1. The molecule has 37 heavy (non-hydrogen) atoms. The van der Waals surface area contributed by atoms with Crippen LogP contribution >= 0.6 is 0 Å². The molecule has 0 saturated carbocycles. The molecule has 0 amide bonds. The summed E-state index contributed by atoms with van der Waals surface area (Å²) in [5.41, 5.74) is 2.04. The number of alkyl halides is 3. The number of pyridine rings is 1. The van der Waals surface area contributed by atoms with E-state index in [4.69, 9.17) is 14.2 Å². The Balaban J connectivity index is 1.66. The molecule has 4 nitrogen and oxygen atoms in total. The molecule has 0 unspecified atom stereocenters. The molecule has 1 heterocycles. The molecule has 0 saturated heterocycles. The lowest BCUT2D eigenvalue weighted by molar-refractivity contribution is -0.142. The quantitative estimate of drug-likeness (QED) is 0.212.